The Hall–Kier alpha value is -0.100. The van der Waals surface area contributed by atoms with Crippen molar-refractivity contribution in [2.24, 2.45) is 11.8 Å². The van der Waals surface area contributed by atoms with Gasteiger partial charge in [0, 0.05) is 38.8 Å². The number of hydrogen-bond donors (Lipinski definition) is 2. The van der Waals surface area contributed by atoms with E-state index in [0.717, 1.165) is 64.0 Å². The standard InChI is InChI=1S/C18H36O2S.C15H32.C8H15NO/c21-16-9-7-5-3-1-2-4-6-8-13-19-14-10-11-18-12-15-20-17-18;1-3-5-7-9-11-13-15-14-12-10-8-6-4-2;1-2-8(10)7-3-5-9-6-4-7/h18,21H,1-17H2;3-15H2,1-2H3;7,9H,2-6H2,1H3/t18-;;/m1../s1. The number of rotatable bonds is 29. The highest BCUT2D eigenvalue weighted by Gasteiger charge is 2.18. The zero-order valence-corrected chi connectivity index (χ0v) is 32.5. The maximum Gasteiger partial charge on any atom is 0.135 e. The van der Waals surface area contributed by atoms with Gasteiger partial charge in [-0.05, 0) is 69.7 Å². The third-order valence-electron chi connectivity index (χ3n) is 9.72. The highest BCUT2D eigenvalue weighted by molar-refractivity contribution is 7.80. The molecule has 2 fully saturated rings. The van der Waals surface area contributed by atoms with Gasteiger partial charge in [0.2, 0.25) is 0 Å². The van der Waals surface area contributed by atoms with Crippen LogP contribution in [0.4, 0.5) is 0 Å². The molecule has 2 saturated heterocycles. The molecule has 0 saturated carbocycles. The van der Waals surface area contributed by atoms with Crippen molar-refractivity contribution in [3.05, 3.63) is 0 Å². The fourth-order valence-corrected chi connectivity index (χ4v) is 6.69. The Labute approximate surface area is 294 Å². The molecule has 46 heavy (non-hydrogen) atoms. The van der Waals surface area contributed by atoms with Crippen molar-refractivity contribution in [2.45, 2.75) is 201 Å². The second kappa shape index (κ2) is 39.3. The van der Waals surface area contributed by atoms with Gasteiger partial charge in [-0.2, -0.15) is 12.6 Å². The predicted molar refractivity (Wildman–Crippen MR) is 207 cm³/mol. The molecule has 0 aliphatic carbocycles. The van der Waals surface area contributed by atoms with Crippen molar-refractivity contribution in [1.29, 1.82) is 0 Å². The quantitative estimate of drug-likeness (QED) is 0.0614. The molecule has 4 nitrogen and oxygen atoms in total. The summed E-state index contributed by atoms with van der Waals surface area (Å²) in [5, 5.41) is 3.24. The van der Waals surface area contributed by atoms with Gasteiger partial charge < -0.3 is 14.8 Å². The highest BCUT2D eigenvalue weighted by atomic mass is 32.1. The summed E-state index contributed by atoms with van der Waals surface area (Å²) in [6, 6.07) is 0. The number of carbonyl (C=O) groups excluding carboxylic acids is 1. The van der Waals surface area contributed by atoms with Crippen LogP contribution in [0.2, 0.25) is 0 Å². The molecule has 0 aromatic carbocycles. The summed E-state index contributed by atoms with van der Waals surface area (Å²) in [7, 11) is 0. The van der Waals surface area contributed by atoms with Crippen LogP contribution in [0.15, 0.2) is 0 Å². The molecule has 0 bridgehead atoms. The summed E-state index contributed by atoms with van der Waals surface area (Å²) in [6.07, 6.45) is 37.7. The molecule has 1 atom stereocenters. The van der Waals surface area contributed by atoms with Gasteiger partial charge in [-0.25, -0.2) is 0 Å². The second-order valence-corrected chi connectivity index (χ2v) is 14.6. The van der Waals surface area contributed by atoms with Crippen molar-refractivity contribution in [3.8, 4) is 0 Å². The molecule has 276 valence electrons. The monoisotopic (exact) mass is 670 g/mol. The van der Waals surface area contributed by atoms with Gasteiger partial charge in [-0.3, -0.25) is 4.79 Å². The number of ether oxygens (including phenoxy) is 2. The van der Waals surface area contributed by atoms with E-state index in [9.17, 15) is 4.79 Å². The summed E-state index contributed by atoms with van der Waals surface area (Å²) >= 11 is 4.24. The average Bonchev–Trinajstić information content (AvgIpc) is 3.62. The SMILES string of the molecule is CCC(=O)C1CCNCC1.CCCCCCCCCCCCCCC.SCCCCCCCCCCCOCCC[C@@H]1CCOC1. The van der Waals surface area contributed by atoms with E-state index >= 15 is 0 Å². The Kier molecular flexibility index (Phi) is 39.3. The number of piperidine rings is 1. The number of hydrogen-bond acceptors (Lipinski definition) is 5. The highest BCUT2D eigenvalue weighted by Crippen LogP contribution is 2.18. The second-order valence-electron chi connectivity index (χ2n) is 14.1. The van der Waals surface area contributed by atoms with Gasteiger partial charge in [-0.1, -0.05) is 149 Å². The van der Waals surface area contributed by atoms with E-state index < -0.39 is 0 Å². The van der Waals surface area contributed by atoms with Crippen LogP contribution in [0.1, 0.15) is 201 Å². The Morgan fingerprint density at radius 1 is 0.630 bits per heavy atom. The summed E-state index contributed by atoms with van der Waals surface area (Å²) in [5.74, 6) is 2.67. The first-order valence-corrected chi connectivity index (χ1v) is 21.3. The normalized spacial score (nSPS) is 16.5. The molecule has 2 rings (SSSR count). The average molecular weight is 670 g/mol. The van der Waals surface area contributed by atoms with Gasteiger partial charge in [0.15, 0.2) is 0 Å². The van der Waals surface area contributed by atoms with Crippen molar-refractivity contribution < 1.29 is 14.3 Å². The van der Waals surface area contributed by atoms with E-state index in [1.54, 1.807) is 0 Å². The first-order chi connectivity index (χ1) is 22.7. The Bertz CT molecular complexity index is 566. The van der Waals surface area contributed by atoms with Crippen molar-refractivity contribution in [3.63, 3.8) is 0 Å². The van der Waals surface area contributed by atoms with Crippen LogP contribution < -0.4 is 5.32 Å². The molecular formula is C41H83NO3S. The zero-order chi connectivity index (χ0) is 33.6. The van der Waals surface area contributed by atoms with Crippen LogP contribution in [0.5, 0.6) is 0 Å². The van der Waals surface area contributed by atoms with Crippen LogP contribution in [-0.4, -0.2) is 51.1 Å². The number of nitrogens with one attached hydrogen (secondary N) is 1. The third kappa shape index (κ3) is 33.8. The topological polar surface area (TPSA) is 47.6 Å². The predicted octanol–water partition coefficient (Wildman–Crippen LogP) is 12.3. The number of unbranched alkanes of at least 4 members (excludes halogenated alkanes) is 20. The molecule has 0 aromatic rings. The van der Waals surface area contributed by atoms with Crippen molar-refractivity contribution >= 4 is 18.4 Å². The summed E-state index contributed by atoms with van der Waals surface area (Å²) in [6.45, 7) is 12.4. The summed E-state index contributed by atoms with van der Waals surface area (Å²) in [4.78, 5) is 11.1. The number of carbonyl (C=O) groups is 1. The molecule has 0 aromatic heterocycles. The summed E-state index contributed by atoms with van der Waals surface area (Å²) < 4.78 is 11.1. The third-order valence-corrected chi connectivity index (χ3v) is 10.0. The fourth-order valence-electron chi connectivity index (χ4n) is 6.46. The molecule has 0 radical (unpaired) electrons. The van der Waals surface area contributed by atoms with Crippen LogP contribution in [0, 0.1) is 11.8 Å². The lowest BCUT2D eigenvalue weighted by molar-refractivity contribution is -0.123. The largest absolute Gasteiger partial charge is 0.381 e. The van der Waals surface area contributed by atoms with E-state index in [1.807, 2.05) is 6.92 Å². The molecule has 0 unspecified atom stereocenters. The van der Waals surface area contributed by atoms with Crippen LogP contribution >= 0.6 is 12.6 Å². The van der Waals surface area contributed by atoms with Crippen LogP contribution in [0.3, 0.4) is 0 Å². The Balaban J connectivity index is 0.000000706. The molecule has 5 heteroatoms. The van der Waals surface area contributed by atoms with E-state index in [4.69, 9.17) is 9.47 Å². The first-order valence-electron chi connectivity index (χ1n) is 20.7. The van der Waals surface area contributed by atoms with E-state index in [2.05, 4.69) is 31.8 Å². The van der Waals surface area contributed by atoms with E-state index in [0.29, 0.717) is 18.1 Å². The molecule has 1 N–H and O–H groups in total. The molecule has 2 heterocycles. The molecular weight excluding hydrogens is 587 g/mol. The van der Waals surface area contributed by atoms with Gasteiger partial charge in [0.1, 0.15) is 5.78 Å². The maximum absolute atomic E-state index is 11.1. The number of ketones is 1. The van der Waals surface area contributed by atoms with E-state index in [1.165, 1.54) is 161 Å². The minimum atomic E-state index is 0.367. The van der Waals surface area contributed by atoms with Crippen molar-refractivity contribution in [1.82, 2.24) is 5.32 Å². The lowest BCUT2D eigenvalue weighted by Crippen LogP contribution is -2.31. The van der Waals surface area contributed by atoms with Crippen LogP contribution in [0.25, 0.3) is 0 Å². The van der Waals surface area contributed by atoms with Crippen LogP contribution in [-0.2, 0) is 14.3 Å². The maximum atomic E-state index is 11.1. The lowest BCUT2D eigenvalue weighted by Gasteiger charge is -2.20. The van der Waals surface area contributed by atoms with Gasteiger partial charge in [0.25, 0.3) is 0 Å². The lowest BCUT2D eigenvalue weighted by atomic mass is 9.92. The van der Waals surface area contributed by atoms with Gasteiger partial charge in [-0.15, -0.1) is 0 Å². The Morgan fingerprint density at radius 2 is 1.09 bits per heavy atom. The van der Waals surface area contributed by atoms with Gasteiger partial charge >= 0.3 is 0 Å². The number of Topliss-reactive ketones (excluding diaryl/α,β-unsaturated/α-hetero) is 1. The Morgan fingerprint density at radius 3 is 1.52 bits per heavy atom. The smallest absolute Gasteiger partial charge is 0.135 e. The fraction of sp³-hybridized carbons (Fsp3) is 0.976. The molecule has 2 aliphatic heterocycles. The summed E-state index contributed by atoms with van der Waals surface area (Å²) in [5.41, 5.74) is 0. The first kappa shape index (κ1) is 45.9. The molecule has 2 aliphatic rings. The molecule has 0 amide bonds. The minimum absolute atomic E-state index is 0.367. The molecule has 0 spiro atoms. The minimum Gasteiger partial charge on any atom is -0.381 e. The van der Waals surface area contributed by atoms with Crippen molar-refractivity contribution in [2.75, 3.05) is 45.3 Å². The van der Waals surface area contributed by atoms with Gasteiger partial charge in [0.05, 0.1) is 0 Å². The van der Waals surface area contributed by atoms with E-state index in [-0.39, 0.29) is 0 Å². The number of thiol groups is 1. The zero-order valence-electron chi connectivity index (χ0n) is 31.6.